The number of methoxy groups -OCH3 is 1. The van der Waals surface area contributed by atoms with E-state index in [9.17, 15) is 4.79 Å². The van der Waals surface area contributed by atoms with Gasteiger partial charge in [0.2, 0.25) is 11.7 Å². The van der Waals surface area contributed by atoms with Crippen molar-refractivity contribution in [3.05, 3.63) is 47.2 Å². The maximum absolute atomic E-state index is 11.4. The zero-order valence-corrected chi connectivity index (χ0v) is 13.3. The second-order valence-electron chi connectivity index (χ2n) is 5.45. The Kier molecular flexibility index (Phi) is 4.33. The van der Waals surface area contributed by atoms with Crippen LogP contribution in [0.4, 0.5) is 11.8 Å². The molecule has 7 nitrogen and oxygen atoms in total. The van der Waals surface area contributed by atoms with Crippen molar-refractivity contribution < 1.29 is 13.9 Å². The van der Waals surface area contributed by atoms with Gasteiger partial charge in [0.25, 0.3) is 0 Å². The van der Waals surface area contributed by atoms with E-state index >= 15 is 0 Å². The molecule has 24 heavy (non-hydrogen) atoms. The largest absolute Gasteiger partial charge is 0.465 e. The van der Waals surface area contributed by atoms with Crippen LogP contribution < -0.4 is 11.5 Å². The topological polar surface area (TPSA) is 117 Å². The minimum atomic E-state index is -0.332. The molecular formula is C17H18N4O3. The molecule has 0 fully saturated rings. The number of fused-ring (bicyclic) bond motifs is 1. The van der Waals surface area contributed by atoms with Crippen LogP contribution in [0.2, 0.25) is 0 Å². The van der Waals surface area contributed by atoms with Crippen molar-refractivity contribution >= 4 is 28.8 Å². The van der Waals surface area contributed by atoms with Crippen LogP contribution in [0.15, 0.2) is 34.9 Å². The van der Waals surface area contributed by atoms with Crippen molar-refractivity contribution in [1.82, 2.24) is 9.97 Å². The summed E-state index contributed by atoms with van der Waals surface area (Å²) in [5.74, 6) is 0.108. The van der Waals surface area contributed by atoms with Gasteiger partial charge < -0.3 is 20.6 Å². The summed E-state index contributed by atoms with van der Waals surface area (Å²) in [5.41, 5.74) is 14.5. The Morgan fingerprint density at radius 3 is 2.62 bits per heavy atom. The highest BCUT2D eigenvalue weighted by molar-refractivity contribution is 5.89. The van der Waals surface area contributed by atoms with Gasteiger partial charge in [0.1, 0.15) is 5.82 Å². The van der Waals surface area contributed by atoms with E-state index in [4.69, 9.17) is 15.9 Å². The van der Waals surface area contributed by atoms with Crippen LogP contribution in [0.1, 0.15) is 27.9 Å². The smallest absolute Gasteiger partial charge is 0.337 e. The number of nitrogens with two attached hydrogens (primary N) is 2. The van der Waals surface area contributed by atoms with Crippen molar-refractivity contribution in [2.45, 2.75) is 19.3 Å². The number of rotatable bonds is 5. The average molecular weight is 326 g/mol. The lowest BCUT2D eigenvalue weighted by Gasteiger charge is -2.04. The monoisotopic (exact) mass is 326 g/mol. The normalized spacial score (nSPS) is 10.9. The Hall–Kier alpha value is -3.09. The maximum Gasteiger partial charge on any atom is 0.337 e. The van der Waals surface area contributed by atoms with Gasteiger partial charge in [-0.05, 0) is 37.0 Å². The summed E-state index contributed by atoms with van der Waals surface area (Å²) in [4.78, 5) is 19.4. The molecule has 0 aliphatic rings. The summed E-state index contributed by atoms with van der Waals surface area (Å²) >= 11 is 0. The molecule has 0 amide bonds. The fourth-order valence-corrected chi connectivity index (χ4v) is 2.64. The van der Waals surface area contributed by atoms with Crippen molar-refractivity contribution in [3.8, 4) is 0 Å². The molecular weight excluding hydrogens is 308 g/mol. The Morgan fingerprint density at radius 1 is 1.17 bits per heavy atom. The molecule has 4 N–H and O–H groups in total. The number of ether oxygens (including phenoxy) is 1. The first-order valence-corrected chi connectivity index (χ1v) is 7.55. The summed E-state index contributed by atoms with van der Waals surface area (Å²) in [6, 6.07) is 7.39. The summed E-state index contributed by atoms with van der Waals surface area (Å²) in [6.07, 6.45) is 4.19. The van der Waals surface area contributed by atoms with E-state index in [0.717, 1.165) is 35.8 Å². The number of aromatic nitrogens is 2. The van der Waals surface area contributed by atoms with Gasteiger partial charge in [-0.25, -0.2) is 4.79 Å². The number of aryl methyl sites for hydroxylation is 2. The van der Waals surface area contributed by atoms with E-state index in [1.54, 1.807) is 18.4 Å². The first-order valence-electron chi connectivity index (χ1n) is 7.55. The highest BCUT2D eigenvalue weighted by atomic mass is 16.5. The van der Waals surface area contributed by atoms with E-state index in [-0.39, 0.29) is 11.9 Å². The molecule has 0 radical (unpaired) electrons. The van der Waals surface area contributed by atoms with Crippen LogP contribution >= 0.6 is 0 Å². The zero-order chi connectivity index (χ0) is 17.1. The summed E-state index contributed by atoms with van der Waals surface area (Å²) in [6.45, 7) is 0. The summed E-state index contributed by atoms with van der Waals surface area (Å²) in [5, 5.41) is 0.727. The lowest BCUT2D eigenvalue weighted by molar-refractivity contribution is 0.0600. The van der Waals surface area contributed by atoms with Crippen molar-refractivity contribution in [3.63, 3.8) is 0 Å². The molecule has 0 saturated heterocycles. The van der Waals surface area contributed by atoms with Crippen molar-refractivity contribution in [2.24, 2.45) is 0 Å². The molecule has 2 aromatic heterocycles. The number of nitrogen functional groups attached to an aromatic ring is 2. The third kappa shape index (κ3) is 3.15. The zero-order valence-electron chi connectivity index (χ0n) is 13.3. The van der Waals surface area contributed by atoms with Gasteiger partial charge in [-0.3, -0.25) is 0 Å². The minimum Gasteiger partial charge on any atom is -0.465 e. The molecule has 2 heterocycles. The molecule has 1 aromatic carbocycles. The quantitative estimate of drug-likeness (QED) is 0.691. The fraction of sp³-hybridized carbons (Fsp3) is 0.235. The molecule has 0 saturated carbocycles. The molecule has 0 bridgehead atoms. The van der Waals surface area contributed by atoms with Gasteiger partial charge in [-0.2, -0.15) is 9.97 Å². The number of anilines is 2. The Morgan fingerprint density at radius 2 is 1.92 bits per heavy atom. The van der Waals surface area contributed by atoms with Gasteiger partial charge in [0.15, 0.2) is 0 Å². The molecule has 0 aliphatic heterocycles. The number of hydrogen-bond donors (Lipinski definition) is 2. The molecule has 3 rings (SSSR count). The number of nitrogens with zero attached hydrogens (tertiary/aromatic N) is 2. The lowest BCUT2D eigenvalue weighted by Crippen LogP contribution is -2.01. The predicted octanol–water partition coefficient (Wildman–Crippen LogP) is 2.35. The molecule has 0 spiro atoms. The van der Waals surface area contributed by atoms with Crippen molar-refractivity contribution in [2.75, 3.05) is 18.6 Å². The Bertz CT molecular complexity index is 871. The number of carbonyl (C=O) groups is 1. The van der Waals surface area contributed by atoms with Gasteiger partial charge in [-0.1, -0.05) is 12.1 Å². The van der Waals surface area contributed by atoms with Crippen LogP contribution in [0, 0.1) is 0 Å². The van der Waals surface area contributed by atoms with E-state index in [1.165, 1.54) is 7.11 Å². The van der Waals surface area contributed by atoms with Crippen LogP contribution in [-0.4, -0.2) is 23.0 Å². The molecule has 124 valence electrons. The van der Waals surface area contributed by atoms with Crippen LogP contribution in [-0.2, 0) is 17.6 Å². The second kappa shape index (κ2) is 6.57. The Labute approximate surface area is 138 Å². The number of carbonyl (C=O) groups excluding carboxylic acids is 1. The average Bonchev–Trinajstić information content (AvgIpc) is 2.98. The van der Waals surface area contributed by atoms with Gasteiger partial charge in [0, 0.05) is 5.56 Å². The second-order valence-corrected chi connectivity index (χ2v) is 5.45. The van der Waals surface area contributed by atoms with E-state index in [0.29, 0.717) is 17.1 Å². The van der Waals surface area contributed by atoms with E-state index in [1.807, 2.05) is 12.1 Å². The maximum atomic E-state index is 11.4. The van der Waals surface area contributed by atoms with Crippen molar-refractivity contribution in [1.29, 1.82) is 0 Å². The lowest BCUT2D eigenvalue weighted by atomic mass is 10.0. The SMILES string of the molecule is COC(=O)c1ccc(CCCc2coc3nc(N)nc(N)c23)cc1. The number of furan rings is 1. The number of benzene rings is 1. The first-order chi connectivity index (χ1) is 11.6. The third-order valence-corrected chi connectivity index (χ3v) is 3.84. The molecule has 3 aromatic rings. The molecule has 0 atom stereocenters. The fourth-order valence-electron chi connectivity index (χ4n) is 2.64. The van der Waals surface area contributed by atoms with Crippen LogP contribution in [0.5, 0.6) is 0 Å². The minimum absolute atomic E-state index is 0.103. The highest BCUT2D eigenvalue weighted by Gasteiger charge is 2.12. The highest BCUT2D eigenvalue weighted by Crippen LogP contribution is 2.26. The van der Waals surface area contributed by atoms with Gasteiger partial charge >= 0.3 is 5.97 Å². The predicted molar refractivity (Wildman–Crippen MR) is 90.4 cm³/mol. The third-order valence-electron chi connectivity index (χ3n) is 3.84. The van der Waals surface area contributed by atoms with E-state index < -0.39 is 0 Å². The molecule has 7 heteroatoms. The standard InChI is InChI=1S/C17H18N4O3/c1-23-16(22)11-7-5-10(6-8-11)3-2-4-12-9-24-15-13(12)14(18)20-17(19)21-15/h5-9H,2-4H2,1H3,(H4,18,19,20,21). The first kappa shape index (κ1) is 15.8. The molecule has 0 aliphatic carbocycles. The van der Waals surface area contributed by atoms with Gasteiger partial charge in [-0.15, -0.1) is 0 Å². The van der Waals surface area contributed by atoms with Crippen LogP contribution in [0.3, 0.4) is 0 Å². The summed E-state index contributed by atoms with van der Waals surface area (Å²) < 4.78 is 10.1. The van der Waals surface area contributed by atoms with E-state index in [2.05, 4.69) is 14.7 Å². The molecule has 0 unspecified atom stereocenters. The number of esters is 1. The summed E-state index contributed by atoms with van der Waals surface area (Å²) in [7, 11) is 1.37. The van der Waals surface area contributed by atoms with Crippen LogP contribution in [0.25, 0.3) is 11.1 Å². The number of hydrogen-bond acceptors (Lipinski definition) is 7. The van der Waals surface area contributed by atoms with Gasteiger partial charge in [0.05, 0.1) is 24.3 Å². The Balaban J connectivity index is 1.65.